The smallest absolute Gasteiger partial charge is 0.257 e. The molecule has 1 unspecified atom stereocenters. The van der Waals surface area contributed by atoms with Crippen molar-refractivity contribution in [2.75, 3.05) is 12.4 Å². The molecule has 148 valence electrons. The highest BCUT2D eigenvalue weighted by Crippen LogP contribution is 2.38. The van der Waals surface area contributed by atoms with E-state index in [0.29, 0.717) is 27.8 Å². The van der Waals surface area contributed by atoms with Crippen LogP contribution in [0.15, 0.2) is 58.5 Å². The van der Waals surface area contributed by atoms with Crippen molar-refractivity contribution < 1.29 is 14.6 Å². The number of nitrogens with one attached hydrogen (secondary N) is 2. The Morgan fingerprint density at radius 1 is 1.21 bits per heavy atom. The zero-order chi connectivity index (χ0) is 20.4. The average molecular weight is 409 g/mol. The lowest BCUT2D eigenvalue weighted by atomic mass is 9.86. The van der Waals surface area contributed by atoms with Gasteiger partial charge in [0.05, 0.1) is 12.7 Å². The number of carbonyl (C=O) groups is 1. The second kappa shape index (κ2) is 8.00. The van der Waals surface area contributed by atoms with E-state index in [2.05, 4.69) is 15.3 Å². The number of benzene rings is 2. The summed E-state index contributed by atoms with van der Waals surface area (Å²) in [6.45, 7) is 0. The van der Waals surface area contributed by atoms with Gasteiger partial charge < -0.3 is 20.1 Å². The maximum atomic E-state index is 12.8. The summed E-state index contributed by atoms with van der Waals surface area (Å²) in [5.74, 6) is 0.466. The predicted molar refractivity (Wildman–Crippen MR) is 111 cm³/mol. The molecule has 1 atom stereocenters. The minimum atomic E-state index is -0.500. The second-order valence-corrected chi connectivity index (χ2v) is 7.61. The van der Waals surface area contributed by atoms with Crippen molar-refractivity contribution in [1.29, 1.82) is 0 Å². The fourth-order valence-corrected chi connectivity index (χ4v) is 4.17. The third-order valence-corrected chi connectivity index (χ3v) is 5.70. The van der Waals surface area contributed by atoms with E-state index in [9.17, 15) is 14.7 Å². The number of nitrogens with zero attached hydrogens (tertiary/aromatic N) is 1. The summed E-state index contributed by atoms with van der Waals surface area (Å²) < 4.78 is 5.07. The molecule has 1 aliphatic rings. The molecule has 3 aromatic rings. The lowest BCUT2D eigenvalue weighted by Gasteiger charge is -2.24. The number of aromatic amines is 1. The summed E-state index contributed by atoms with van der Waals surface area (Å²) in [6, 6.07) is 14.7. The number of fused-ring (bicyclic) bond motifs is 1. The van der Waals surface area contributed by atoms with Gasteiger partial charge in [-0.2, -0.15) is 0 Å². The number of anilines is 1. The van der Waals surface area contributed by atoms with Crippen molar-refractivity contribution in [3.63, 3.8) is 0 Å². The first-order valence-electron chi connectivity index (χ1n) is 9.03. The lowest BCUT2D eigenvalue weighted by Crippen LogP contribution is -2.31. The summed E-state index contributed by atoms with van der Waals surface area (Å²) in [5, 5.41) is 13.2. The molecule has 3 N–H and O–H groups in total. The molecule has 2 heterocycles. The first kappa shape index (κ1) is 19.1. The SMILES string of the molecule is COc1ccc(C2CC(=O)Nc3nc(SCc4ccccc4)[nH]c(=O)c32)cc1O. The van der Waals surface area contributed by atoms with E-state index in [0.717, 1.165) is 5.56 Å². The number of carbonyl (C=O) groups excluding carboxylic acids is 1. The van der Waals surface area contributed by atoms with Crippen LogP contribution >= 0.6 is 11.8 Å². The molecule has 2 aromatic carbocycles. The van der Waals surface area contributed by atoms with Gasteiger partial charge >= 0.3 is 0 Å². The predicted octanol–water partition coefficient (Wildman–Crippen LogP) is 3.25. The number of phenolic OH excluding ortho intramolecular Hbond substituents is 1. The molecule has 0 fully saturated rings. The molecular weight excluding hydrogens is 390 g/mol. The van der Waals surface area contributed by atoms with Crippen molar-refractivity contribution >= 4 is 23.5 Å². The summed E-state index contributed by atoms with van der Waals surface area (Å²) in [6.07, 6.45) is 0.0973. The number of ether oxygens (including phenoxy) is 1. The number of phenols is 1. The van der Waals surface area contributed by atoms with Gasteiger partial charge in [0.1, 0.15) is 5.82 Å². The summed E-state index contributed by atoms with van der Waals surface area (Å²) in [7, 11) is 1.46. The van der Waals surface area contributed by atoms with Gasteiger partial charge in [0.2, 0.25) is 5.91 Å². The van der Waals surface area contributed by atoms with E-state index in [1.54, 1.807) is 12.1 Å². The van der Waals surface area contributed by atoms with Gasteiger partial charge in [0.25, 0.3) is 5.56 Å². The fraction of sp³-hybridized carbons (Fsp3) is 0.190. The maximum absolute atomic E-state index is 12.8. The Balaban J connectivity index is 1.67. The van der Waals surface area contributed by atoms with Crippen LogP contribution in [0.1, 0.15) is 29.0 Å². The number of aromatic nitrogens is 2. The topological polar surface area (TPSA) is 104 Å². The highest BCUT2D eigenvalue weighted by Gasteiger charge is 2.31. The van der Waals surface area contributed by atoms with Gasteiger partial charge in [0, 0.05) is 18.1 Å². The summed E-state index contributed by atoms with van der Waals surface area (Å²) in [5.41, 5.74) is 1.84. The Morgan fingerprint density at radius 2 is 2.00 bits per heavy atom. The van der Waals surface area contributed by atoms with Crippen LogP contribution < -0.4 is 15.6 Å². The van der Waals surface area contributed by atoms with Crippen molar-refractivity contribution in [2.45, 2.75) is 23.2 Å². The molecule has 0 saturated heterocycles. The Hall–Kier alpha value is -3.26. The van der Waals surface area contributed by atoms with Gasteiger partial charge in [0.15, 0.2) is 16.7 Å². The number of H-pyrrole nitrogens is 1. The van der Waals surface area contributed by atoms with E-state index in [-0.39, 0.29) is 29.5 Å². The van der Waals surface area contributed by atoms with Crippen molar-refractivity contribution in [2.24, 2.45) is 0 Å². The molecule has 1 aliphatic heterocycles. The Bertz CT molecular complexity index is 1110. The number of methoxy groups -OCH3 is 1. The van der Waals surface area contributed by atoms with Crippen LogP contribution in [0.2, 0.25) is 0 Å². The maximum Gasteiger partial charge on any atom is 0.257 e. The molecular formula is C21H19N3O4S. The Kier molecular flexibility index (Phi) is 5.26. The number of thioether (sulfide) groups is 1. The molecule has 0 bridgehead atoms. The van der Waals surface area contributed by atoms with E-state index in [1.165, 1.54) is 24.9 Å². The Labute approximate surface area is 171 Å². The van der Waals surface area contributed by atoms with Gasteiger partial charge in [-0.15, -0.1) is 0 Å². The molecule has 1 amide bonds. The van der Waals surface area contributed by atoms with Crippen LogP contribution in [0, 0.1) is 0 Å². The number of hydrogen-bond acceptors (Lipinski definition) is 6. The Morgan fingerprint density at radius 3 is 2.72 bits per heavy atom. The molecule has 0 aliphatic carbocycles. The number of aromatic hydroxyl groups is 1. The van der Waals surface area contributed by atoms with E-state index < -0.39 is 5.92 Å². The molecule has 0 spiro atoms. The third kappa shape index (κ3) is 3.97. The fourth-order valence-electron chi connectivity index (χ4n) is 3.35. The van der Waals surface area contributed by atoms with Gasteiger partial charge in [-0.05, 0) is 23.3 Å². The quantitative estimate of drug-likeness (QED) is 0.441. The van der Waals surface area contributed by atoms with Gasteiger partial charge in [-0.25, -0.2) is 4.98 Å². The van der Waals surface area contributed by atoms with E-state index in [4.69, 9.17) is 4.74 Å². The van der Waals surface area contributed by atoms with Gasteiger partial charge in [-0.3, -0.25) is 9.59 Å². The first-order valence-corrected chi connectivity index (χ1v) is 10.0. The highest BCUT2D eigenvalue weighted by atomic mass is 32.2. The molecule has 4 rings (SSSR count). The van der Waals surface area contributed by atoms with Crippen LogP contribution in [0.4, 0.5) is 5.82 Å². The first-order chi connectivity index (χ1) is 14.0. The van der Waals surface area contributed by atoms with Crippen LogP contribution in [-0.4, -0.2) is 28.1 Å². The van der Waals surface area contributed by atoms with Crippen molar-refractivity contribution in [1.82, 2.24) is 9.97 Å². The van der Waals surface area contributed by atoms with Crippen LogP contribution in [-0.2, 0) is 10.5 Å². The van der Waals surface area contributed by atoms with Crippen molar-refractivity contribution in [3.05, 3.63) is 75.6 Å². The second-order valence-electron chi connectivity index (χ2n) is 6.64. The van der Waals surface area contributed by atoms with Crippen LogP contribution in [0.5, 0.6) is 11.5 Å². The monoisotopic (exact) mass is 409 g/mol. The van der Waals surface area contributed by atoms with E-state index >= 15 is 0 Å². The highest BCUT2D eigenvalue weighted by molar-refractivity contribution is 7.98. The number of amides is 1. The van der Waals surface area contributed by atoms with Gasteiger partial charge in [-0.1, -0.05) is 48.2 Å². The molecule has 29 heavy (non-hydrogen) atoms. The minimum Gasteiger partial charge on any atom is -0.504 e. The number of hydrogen-bond donors (Lipinski definition) is 3. The standard InChI is InChI=1S/C21H19N3O4S/c1-28-16-8-7-13(9-15(16)25)14-10-17(26)22-19-18(14)20(27)24-21(23-19)29-11-12-5-3-2-4-6-12/h2-9,14,25H,10-11H2,1H3,(H2,22,23,24,26,27). The molecule has 1 aromatic heterocycles. The molecule has 0 saturated carbocycles. The van der Waals surface area contributed by atoms with E-state index in [1.807, 2.05) is 30.3 Å². The van der Waals surface area contributed by atoms with Crippen molar-refractivity contribution in [3.8, 4) is 11.5 Å². The third-order valence-electron chi connectivity index (χ3n) is 4.75. The lowest BCUT2D eigenvalue weighted by molar-refractivity contribution is -0.116. The molecule has 0 radical (unpaired) electrons. The van der Waals surface area contributed by atoms with Crippen LogP contribution in [0.25, 0.3) is 0 Å². The number of rotatable bonds is 5. The minimum absolute atomic E-state index is 0.0445. The largest absolute Gasteiger partial charge is 0.504 e. The molecule has 7 nitrogen and oxygen atoms in total. The zero-order valence-electron chi connectivity index (χ0n) is 15.6. The summed E-state index contributed by atoms with van der Waals surface area (Å²) >= 11 is 1.39. The zero-order valence-corrected chi connectivity index (χ0v) is 16.5. The normalized spacial score (nSPS) is 15.5. The molecule has 8 heteroatoms. The summed E-state index contributed by atoms with van der Waals surface area (Å²) in [4.78, 5) is 32.4. The average Bonchev–Trinajstić information content (AvgIpc) is 2.72. The van der Waals surface area contributed by atoms with Crippen LogP contribution in [0.3, 0.4) is 0 Å².